The van der Waals surface area contributed by atoms with E-state index in [1.807, 2.05) is 45.0 Å². The fourth-order valence-electron chi connectivity index (χ4n) is 8.18. The number of esters is 1. The Hall–Kier alpha value is -5.62. The highest BCUT2D eigenvalue weighted by atomic mass is 32.2. The van der Waals surface area contributed by atoms with Gasteiger partial charge in [-0.2, -0.15) is 21.5 Å². The van der Waals surface area contributed by atoms with Gasteiger partial charge in [0, 0.05) is 56.1 Å². The number of sulfonamides is 1. The number of nitrogens with one attached hydrogen (secondary N) is 1. The summed E-state index contributed by atoms with van der Waals surface area (Å²) in [6.07, 6.45) is 2.02. The van der Waals surface area contributed by atoms with Crippen molar-refractivity contribution in [2.24, 2.45) is 16.6 Å². The molecule has 3 aromatic rings. The Labute approximate surface area is 509 Å². The molecule has 0 aromatic heterocycles. The van der Waals surface area contributed by atoms with Crippen molar-refractivity contribution in [1.82, 2.24) is 14.7 Å². The summed E-state index contributed by atoms with van der Waals surface area (Å²) in [7, 11) is -9.46. The molecule has 88 heavy (non-hydrogen) atoms. The number of hydroxylamine groups is 2. The van der Waals surface area contributed by atoms with Gasteiger partial charge in [0.25, 0.3) is 5.91 Å². The third kappa shape index (κ3) is 25.0. The van der Waals surface area contributed by atoms with Crippen molar-refractivity contribution >= 4 is 55.5 Å². The number of ether oxygens (including phenoxy) is 11. The van der Waals surface area contributed by atoms with Gasteiger partial charge >= 0.3 is 16.1 Å². The van der Waals surface area contributed by atoms with Gasteiger partial charge in [0.2, 0.25) is 33.3 Å². The van der Waals surface area contributed by atoms with Crippen molar-refractivity contribution < 1.29 is 110 Å². The monoisotopic (exact) mass is 1290 g/mol. The van der Waals surface area contributed by atoms with Crippen LogP contribution in [0.2, 0.25) is 0 Å². The highest BCUT2D eigenvalue weighted by molar-refractivity contribution is 7.89. The molecule has 4 N–H and O–H groups in total. The molecule has 5 rings (SSSR count). The SMILES string of the molecule is CCCN(OC(C)C)C(=O)C1=Cc2ccc(-c3cccc(S(=O)(=O)N4CC(CNC(=O)CCOCCOCCOCCOCCOCCOCCOCCOCCOCCOCCC(=O)Oc5c(F)c(F)c(S(=O)(=O)O)c(F)c5F)C4)c3)cc2N=C(N)C1. The van der Waals surface area contributed by atoms with Crippen molar-refractivity contribution in [2.45, 2.75) is 62.3 Å². The Balaban J connectivity index is 0.758. The zero-order valence-electron chi connectivity index (χ0n) is 49.5. The van der Waals surface area contributed by atoms with Crippen LogP contribution in [0, 0.1) is 29.2 Å². The first-order valence-electron chi connectivity index (χ1n) is 28.6. The lowest BCUT2D eigenvalue weighted by Crippen LogP contribution is -2.53. The number of fused-ring (bicyclic) bond motifs is 1. The molecule has 492 valence electrons. The minimum Gasteiger partial charge on any atom is -0.420 e. The summed E-state index contributed by atoms with van der Waals surface area (Å²) in [6, 6.07) is 12.2. The van der Waals surface area contributed by atoms with Gasteiger partial charge < -0.3 is 63.2 Å². The van der Waals surface area contributed by atoms with Crippen LogP contribution in [-0.4, -0.2) is 219 Å². The number of amidine groups is 1. The number of aliphatic imine (C=N–C) groups is 1. The first-order chi connectivity index (χ1) is 42.2. The van der Waals surface area contributed by atoms with Gasteiger partial charge in [-0.1, -0.05) is 31.2 Å². The van der Waals surface area contributed by atoms with Gasteiger partial charge in [0.15, 0.2) is 16.5 Å². The van der Waals surface area contributed by atoms with Crippen molar-refractivity contribution in [3.8, 4) is 16.9 Å². The van der Waals surface area contributed by atoms with E-state index in [1.165, 1.54) is 9.37 Å². The molecule has 0 spiro atoms. The summed E-state index contributed by atoms with van der Waals surface area (Å²) < 4.78 is 174. The Morgan fingerprint density at radius 1 is 0.670 bits per heavy atom. The molecular formula is C57H79F4N5O20S2. The van der Waals surface area contributed by atoms with Crippen LogP contribution in [0.15, 0.2) is 62.8 Å². The van der Waals surface area contributed by atoms with E-state index in [0.29, 0.717) is 128 Å². The molecule has 0 atom stereocenters. The van der Waals surface area contributed by atoms with Gasteiger partial charge in [0.1, 0.15) is 5.84 Å². The van der Waals surface area contributed by atoms with Crippen molar-refractivity contribution in [3.63, 3.8) is 0 Å². The largest absolute Gasteiger partial charge is 0.420 e. The van der Waals surface area contributed by atoms with Gasteiger partial charge in [-0.25, -0.2) is 27.3 Å². The maximum atomic E-state index is 14.0. The highest BCUT2D eigenvalue weighted by Crippen LogP contribution is 2.35. The molecule has 0 saturated carbocycles. The van der Waals surface area contributed by atoms with E-state index in [2.05, 4.69) is 15.0 Å². The van der Waals surface area contributed by atoms with Crippen LogP contribution in [0.1, 0.15) is 52.0 Å². The number of carbonyl (C=O) groups is 3. The minimum absolute atomic E-state index is 0.0109. The first-order valence-corrected chi connectivity index (χ1v) is 31.4. The van der Waals surface area contributed by atoms with Gasteiger partial charge in [-0.05, 0) is 55.7 Å². The third-order valence-electron chi connectivity index (χ3n) is 12.5. The standard InChI is InChI=1S/C57H79F4N5O20S2/c1-4-12-66(86-40(2)3)57(69)45-33-44-9-8-43(35-47(44)64-48(62)36-45)42-6-5-7-46(34-42)87(70,71)65-38-41(39-65)37-63-49(67)10-13-75-15-17-77-19-21-79-23-25-81-27-29-83-31-32-84-30-28-82-26-24-80-22-20-78-18-16-76-14-11-50(68)85-55-51(58)53(60)56(88(72,73)74)54(61)52(55)59/h5-9,33-35,40-41H,4,10-32,36-39H2,1-3H3,(H2,62,64)(H,63,67)(H,72,73,74). The summed E-state index contributed by atoms with van der Waals surface area (Å²) >= 11 is 0. The summed E-state index contributed by atoms with van der Waals surface area (Å²) in [4.78, 5) is 46.0. The molecule has 31 heteroatoms. The second kappa shape index (κ2) is 38.8. The first kappa shape index (κ1) is 73.1. The smallest absolute Gasteiger partial charge is 0.313 e. The Morgan fingerprint density at radius 3 is 1.60 bits per heavy atom. The Bertz CT molecular complexity index is 2970. The highest BCUT2D eigenvalue weighted by Gasteiger charge is 2.37. The maximum Gasteiger partial charge on any atom is 0.313 e. The summed E-state index contributed by atoms with van der Waals surface area (Å²) in [5.41, 5.74) is 9.41. The molecule has 1 saturated heterocycles. The van der Waals surface area contributed by atoms with E-state index in [1.54, 1.807) is 24.3 Å². The van der Waals surface area contributed by atoms with E-state index >= 15 is 0 Å². The molecule has 25 nitrogen and oxygen atoms in total. The average Bonchev–Trinajstić information content (AvgIpc) is 1.48. The van der Waals surface area contributed by atoms with Crippen LogP contribution in [0.5, 0.6) is 5.75 Å². The lowest BCUT2D eigenvalue weighted by Gasteiger charge is -2.38. The van der Waals surface area contributed by atoms with E-state index in [-0.39, 0.29) is 100 Å². The number of amides is 2. The van der Waals surface area contributed by atoms with Gasteiger partial charge in [-0.3, -0.25) is 23.8 Å². The zero-order valence-corrected chi connectivity index (χ0v) is 51.2. The number of nitrogens with two attached hydrogens (primary N) is 1. The van der Waals surface area contributed by atoms with Crippen molar-refractivity contribution in [1.29, 1.82) is 0 Å². The van der Waals surface area contributed by atoms with Gasteiger partial charge in [0.05, 0.1) is 155 Å². The molecule has 2 amide bonds. The normalized spacial score (nSPS) is 13.9. The van der Waals surface area contributed by atoms with Crippen LogP contribution in [0.4, 0.5) is 23.2 Å². The predicted octanol–water partition coefficient (Wildman–Crippen LogP) is 4.80. The predicted molar refractivity (Wildman–Crippen MR) is 308 cm³/mol. The summed E-state index contributed by atoms with van der Waals surface area (Å²) in [6.45, 7) is 12.5. The Kier molecular flexibility index (Phi) is 32.3. The quantitative estimate of drug-likeness (QED) is 0.0130. The van der Waals surface area contributed by atoms with Crippen LogP contribution >= 0.6 is 0 Å². The minimum atomic E-state index is -5.66. The maximum absolute atomic E-state index is 14.0. The molecule has 2 heterocycles. The molecule has 2 aliphatic rings. The third-order valence-corrected chi connectivity index (χ3v) is 15.2. The summed E-state index contributed by atoms with van der Waals surface area (Å²) in [5.74, 6) is -12.9. The van der Waals surface area contributed by atoms with Gasteiger partial charge in [-0.15, -0.1) is 0 Å². The number of rotatable bonds is 45. The molecule has 0 radical (unpaired) electrons. The van der Waals surface area contributed by atoms with E-state index in [4.69, 9.17) is 62.5 Å². The molecule has 3 aromatic carbocycles. The van der Waals surface area contributed by atoms with Crippen molar-refractivity contribution in [3.05, 3.63) is 76.9 Å². The van der Waals surface area contributed by atoms with Crippen LogP contribution < -0.4 is 15.8 Å². The molecule has 1 fully saturated rings. The van der Waals surface area contributed by atoms with E-state index < -0.39 is 66.4 Å². The van der Waals surface area contributed by atoms with E-state index in [0.717, 1.165) is 12.0 Å². The molecule has 0 aliphatic carbocycles. The van der Waals surface area contributed by atoms with Crippen LogP contribution in [-0.2, 0) is 86.7 Å². The fraction of sp³-hybridized carbons (Fsp3) is 0.579. The zero-order chi connectivity index (χ0) is 63.9. The molecule has 2 aliphatic heterocycles. The fourth-order valence-corrected chi connectivity index (χ4v) is 10.5. The number of hydrogen-bond donors (Lipinski definition) is 3. The second-order valence-corrected chi connectivity index (χ2v) is 23.1. The number of hydrogen-bond acceptors (Lipinski definition) is 21. The number of benzene rings is 3. The lowest BCUT2D eigenvalue weighted by molar-refractivity contribution is -0.196. The lowest BCUT2D eigenvalue weighted by atomic mass is 10.0. The molecule has 0 bridgehead atoms. The molecular weight excluding hydrogens is 1210 g/mol. The summed E-state index contributed by atoms with van der Waals surface area (Å²) in [5, 5.41) is 4.23. The number of halogens is 4. The Morgan fingerprint density at radius 2 is 1.14 bits per heavy atom. The number of nitrogens with zero attached hydrogens (tertiary/aromatic N) is 3. The van der Waals surface area contributed by atoms with E-state index in [9.17, 15) is 48.8 Å². The second-order valence-electron chi connectivity index (χ2n) is 19.8. The number of carbonyl (C=O) groups excluding carboxylic acids is 3. The van der Waals surface area contributed by atoms with Crippen molar-refractivity contribution in [2.75, 3.05) is 158 Å². The molecule has 0 unspecified atom stereocenters. The van der Waals surface area contributed by atoms with Crippen LogP contribution in [0.25, 0.3) is 17.2 Å². The van der Waals surface area contributed by atoms with Crippen LogP contribution in [0.3, 0.4) is 0 Å². The topological polar surface area (TPSA) is 307 Å². The average molecular weight is 1290 g/mol.